The minimum absolute atomic E-state index is 0.265. The van der Waals surface area contributed by atoms with Crippen molar-refractivity contribution in [3.05, 3.63) is 0 Å². The molecule has 0 bridgehead atoms. The molecule has 0 amide bonds. The van der Waals surface area contributed by atoms with Crippen molar-refractivity contribution in [3.63, 3.8) is 0 Å². The molecule has 0 aromatic heterocycles. The molecule has 0 aliphatic heterocycles. The van der Waals surface area contributed by atoms with E-state index in [0.717, 1.165) is 10.2 Å². The number of ether oxygens (including phenoxy) is 3. The highest BCUT2D eigenvalue weighted by atomic mass is 32.4. The molecule has 0 aliphatic carbocycles. The monoisotopic (exact) mass is 274 g/mol. The van der Waals surface area contributed by atoms with E-state index in [0.29, 0.717) is 6.42 Å². The van der Waals surface area contributed by atoms with Crippen LogP contribution in [0.25, 0.3) is 0 Å². The number of rotatable bonds is 5. The number of nitrogens with two attached hydrogens (primary N) is 1. The Morgan fingerprint density at radius 2 is 1.80 bits per heavy atom. The molecule has 0 saturated carbocycles. The Labute approximate surface area is 98.6 Å². The van der Waals surface area contributed by atoms with Gasteiger partial charge in [-0.25, -0.2) is 0 Å². The Morgan fingerprint density at radius 3 is 2.00 bits per heavy atom. The third kappa shape index (κ3) is 12.3. The van der Waals surface area contributed by atoms with Crippen LogP contribution >= 0.6 is 0 Å². The van der Waals surface area contributed by atoms with Crippen LogP contribution in [0.5, 0.6) is 0 Å². The van der Waals surface area contributed by atoms with Gasteiger partial charge in [0, 0.05) is 27.8 Å². The molecule has 0 rings (SSSR count). The molecule has 0 radical (unpaired) electrons. The van der Waals surface area contributed by atoms with Gasteiger partial charge < -0.3 is 24.5 Å². The Balaban J connectivity index is 0. The first-order valence-corrected chi connectivity index (χ1v) is 9.14. The maximum absolute atomic E-state index is 9.06. The van der Waals surface area contributed by atoms with Gasteiger partial charge in [-0.3, -0.25) is 4.21 Å². The van der Waals surface area contributed by atoms with Crippen molar-refractivity contribution >= 4 is 30.2 Å². The smallest absolute Gasteiger partial charge is 0.144 e. The van der Waals surface area contributed by atoms with E-state index in [2.05, 4.69) is 0 Å². The van der Waals surface area contributed by atoms with Gasteiger partial charge >= 0.3 is 0 Å². The zero-order valence-corrected chi connectivity index (χ0v) is 14.6. The van der Waals surface area contributed by atoms with Gasteiger partial charge in [0.1, 0.15) is 11.6 Å². The van der Waals surface area contributed by atoms with Gasteiger partial charge in [0.15, 0.2) is 0 Å². The van der Waals surface area contributed by atoms with Crippen LogP contribution in [0.4, 0.5) is 0 Å². The standard InChI is InChI=1S/C6H17NO3Si.H4O2SSi/c1-8-5(7)4-6(11,9-2)10-3;1-3(2)4/h5H,4,7H2,1-3,11H3;4H3,(H,1,2)/p-1. The molecule has 0 spiro atoms. The van der Waals surface area contributed by atoms with E-state index in [1.165, 1.54) is 0 Å². The molecule has 6 nitrogen and oxygen atoms in total. The molecule has 0 aromatic rings. The van der Waals surface area contributed by atoms with E-state index in [1.54, 1.807) is 21.3 Å². The highest BCUT2D eigenvalue weighted by molar-refractivity contribution is 8.01. The number of hydrogen-bond donors (Lipinski definition) is 1. The van der Waals surface area contributed by atoms with Crippen molar-refractivity contribution in [1.29, 1.82) is 0 Å². The van der Waals surface area contributed by atoms with Crippen LogP contribution in [-0.4, -0.2) is 61.4 Å². The van der Waals surface area contributed by atoms with Crippen LogP contribution < -0.4 is 5.73 Å². The molecule has 94 valence electrons. The summed E-state index contributed by atoms with van der Waals surface area (Å²) in [6.07, 6.45) is 0.260. The van der Waals surface area contributed by atoms with Gasteiger partial charge in [0.2, 0.25) is 0 Å². The lowest BCUT2D eigenvalue weighted by atomic mass is 10.3. The SMILES string of the molecule is COC(N)CC([SiH3])(OC)OC.O=S([O-])[SiH3]. The van der Waals surface area contributed by atoms with E-state index in [1.807, 2.05) is 0 Å². The van der Waals surface area contributed by atoms with Crippen molar-refractivity contribution in [2.75, 3.05) is 21.3 Å². The van der Waals surface area contributed by atoms with Crippen LogP contribution in [-0.2, 0) is 24.7 Å². The highest BCUT2D eigenvalue weighted by Crippen LogP contribution is 2.12. The Hall–Kier alpha value is 0.384. The molecule has 9 heteroatoms. The molecular weight excluding hydrogens is 254 g/mol. The summed E-state index contributed by atoms with van der Waals surface area (Å²) in [6.45, 7) is 0. The van der Waals surface area contributed by atoms with Crippen molar-refractivity contribution in [2.45, 2.75) is 18.1 Å². The summed E-state index contributed by atoms with van der Waals surface area (Å²) < 4.78 is 33.3. The maximum Gasteiger partial charge on any atom is 0.144 e. The molecule has 0 saturated heterocycles. The third-order valence-electron chi connectivity index (χ3n) is 1.74. The van der Waals surface area contributed by atoms with E-state index in [9.17, 15) is 0 Å². The van der Waals surface area contributed by atoms with Crippen LogP contribution in [0.1, 0.15) is 6.42 Å². The first-order valence-electron chi connectivity index (χ1n) is 4.21. The van der Waals surface area contributed by atoms with Gasteiger partial charge in [-0.1, -0.05) is 10.5 Å². The summed E-state index contributed by atoms with van der Waals surface area (Å²) in [6, 6.07) is 0. The largest absolute Gasteiger partial charge is 0.778 e. The van der Waals surface area contributed by atoms with Gasteiger partial charge in [-0.05, 0) is 0 Å². The lowest BCUT2D eigenvalue weighted by molar-refractivity contribution is -0.162. The first kappa shape index (κ1) is 17.8. The van der Waals surface area contributed by atoms with Crippen molar-refractivity contribution < 1.29 is 23.0 Å². The second kappa shape index (κ2) is 9.60. The van der Waals surface area contributed by atoms with Crippen molar-refractivity contribution in [1.82, 2.24) is 0 Å². The zero-order valence-electron chi connectivity index (χ0n) is 9.81. The molecule has 15 heavy (non-hydrogen) atoms. The minimum atomic E-state index is -1.72. The second-order valence-corrected chi connectivity index (χ2v) is 7.25. The van der Waals surface area contributed by atoms with E-state index in [-0.39, 0.29) is 15.6 Å². The van der Waals surface area contributed by atoms with Crippen molar-refractivity contribution in [2.24, 2.45) is 5.73 Å². The van der Waals surface area contributed by atoms with E-state index in [4.69, 9.17) is 28.7 Å². The van der Waals surface area contributed by atoms with Crippen LogP contribution in [0.2, 0.25) is 0 Å². The Morgan fingerprint density at radius 1 is 1.47 bits per heavy atom. The van der Waals surface area contributed by atoms with Crippen LogP contribution in [0, 0.1) is 0 Å². The summed E-state index contributed by atoms with van der Waals surface area (Å²) in [7, 11) is 4.10. The van der Waals surface area contributed by atoms with Gasteiger partial charge in [0.25, 0.3) is 0 Å². The van der Waals surface area contributed by atoms with Crippen LogP contribution in [0.3, 0.4) is 0 Å². The fourth-order valence-electron chi connectivity index (χ4n) is 0.699. The summed E-state index contributed by atoms with van der Waals surface area (Å²) in [5.41, 5.74) is 5.05. The highest BCUT2D eigenvalue weighted by Gasteiger charge is 2.25. The molecule has 2 atom stereocenters. The fraction of sp³-hybridized carbons (Fsp3) is 1.00. The average molecular weight is 274 g/mol. The predicted molar refractivity (Wildman–Crippen MR) is 65.1 cm³/mol. The van der Waals surface area contributed by atoms with E-state index < -0.39 is 15.9 Å². The number of hydrogen-bond acceptors (Lipinski definition) is 6. The Bertz CT molecular complexity index is 177. The second-order valence-electron chi connectivity index (χ2n) is 2.92. The van der Waals surface area contributed by atoms with Gasteiger partial charge in [-0.2, -0.15) is 0 Å². The molecule has 0 fully saturated rings. The summed E-state index contributed by atoms with van der Waals surface area (Å²) in [4.78, 5) is 0. The summed E-state index contributed by atoms with van der Waals surface area (Å²) in [5, 5.41) is 0. The lowest BCUT2D eigenvalue weighted by Gasteiger charge is -2.28. The summed E-state index contributed by atoms with van der Waals surface area (Å²) >= 11 is 0. The quantitative estimate of drug-likeness (QED) is 0.322. The fourth-order valence-corrected chi connectivity index (χ4v) is 1.10. The van der Waals surface area contributed by atoms with Gasteiger partial charge in [0.05, 0.1) is 19.6 Å². The topological polar surface area (TPSA) is 93.8 Å². The maximum atomic E-state index is 9.06. The third-order valence-corrected chi connectivity index (χ3v) is 2.96. The number of methoxy groups -OCH3 is 3. The minimum Gasteiger partial charge on any atom is -0.778 e. The lowest BCUT2D eigenvalue weighted by Crippen LogP contribution is -2.41. The molecule has 0 aromatic carbocycles. The normalized spacial score (nSPS) is 15.5. The van der Waals surface area contributed by atoms with Crippen molar-refractivity contribution in [3.8, 4) is 0 Å². The zero-order chi connectivity index (χ0) is 12.5. The molecular formula is C6H20NO5SSi2-. The predicted octanol–water partition coefficient (Wildman–Crippen LogP) is -3.23. The first-order chi connectivity index (χ1) is 6.81. The van der Waals surface area contributed by atoms with E-state index >= 15 is 0 Å². The molecule has 2 N–H and O–H groups in total. The average Bonchev–Trinajstić information content (AvgIpc) is 2.16. The summed E-state index contributed by atoms with van der Waals surface area (Å²) in [5.74, 6) is 0. The molecule has 0 aliphatic rings. The van der Waals surface area contributed by atoms with Gasteiger partial charge in [-0.15, -0.1) is 0 Å². The van der Waals surface area contributed by atoms with Crippen LogP contribution in [0.15, 0.2) is 0 Å². The molecule has 0 heterocycles. The molecule has 2 unspecified atom stereocenters. The Kier molecular flexibility index (Phi) is 11.4.